The Labute approximate surface area is 165 Å². The van der Waals surface area contributed by atoms with Gasteiger partial charge in [0, 0.05) is 5.92 Å². The molecule has 1 aliphatic carbocycles. The normalized spacial score (nSPS) is 15.1. The van der Waals surface area contributed by atoms with Crippen LogP contribution in [-0.4, -0.2) is 41.6 Å². The molecule has 0 spiro atoms. The van der Waals surface area contributed by atoms with Crippen molar-refractivity contribution < 1.29 is 9.84 Å². The van der Waals surface area contributed by atoms with Gasteiger partial charge in [-0.2, -0.15) is 0 Å². The summed E-state index contributed by atoms with van der Waals surface area (Å²) in [6.07, 6.45) is 8.06. The molecule has 1 atom stereocenters. The molecule has 0 radical (unpaired) electrons. The molecule has 3 heterocycles. The molecule has 0 saturated heterocycles. The second kappa shape index (κ2) is 6.57. The largest absolute Gasteiger partial charge is 0.495 e. The number of aliphatic hydroxyl groups is 1. The van der Waals surface area contributed by atoms with Crippen LogP contribution in [0.4, 0.5) is 0 Å². The first-order valence-corrected chi connectivity index (χ1v) is 9.28. The van der Waals surface area contributed by atoms with Gasteiger partial charge in [-0.05, 0) is 31.0 Å². The summed E-state index contributed by atoms with van der Waals surface area (Å²) in [5.41, 5.74) is 3.56. The van der Waals surface area contributed by atoms with E-state index in [1.54, 1.807) is 48.8 Å². The van der Waals surface area contributed by atoms with E-state index in [4.69, 9.17) is 16.3 Å². The number of imidazole rings is 1. The Morgan fingerprint density at radius 2 is 2.14 bits per heavy atom. The van der Waals surface area contributed by atoms with Gasteiger partial charge in [0.2, 0.25) is 0 Å². The number of hydrogen-bond acceptors (Lipinski definition) is 6. The van der Waals surface area contributed by atoms with E-state index in [0.29, 0.717) is 28.1 Å². The average molecular weight is 397 g/mol. The highest BCUT2D eigenvalue weighted by Crippen LogP contribution is 2.42. The average Bonchev–Trinajstić information content (AvgIpc) is 3.24. The third-order valence-corrected chi connectivity index (χ3v) is 5.23. The molecule has 1 saturated carbocycles. The summed E-state index contributed by atoms with van der Waals surface area (Å²) in [6, 6.07) is 5.32. The summed E-state index contributed by atoms with van der Waals surface area (Å²) >= 11 is 6.21. The van der Waals surface area contributed by atoms with Crippen LogP contribution in [0.2, 0.25) is 5.02 Å². The zero-order chi connectivity index (χ0) is 19.3. The first kappa shape index (κ1) is 17.2. The lowest BCUT2D eigenvalue weighted by molar-refractivity contribution is 0.206. The van der Waals surface area contributed by atoms with E-state index in [1.165, 1.54) is 0 Å². The Morgan fingerprint density at radius 1 is 1.29 bits per heavy atom. The summed E-state index contributed by atoms with van der Waals surface area (Å²) in [4.78, 5) is 8.76. The van der Waals surface area contributed by atoms with Gasteiger partial charge in [0.15, 0.2) is 0 Å². The number of rotatable bonds is 5. The third kappa shape index (κ3) is 2.81. The minimum Gasteiger partial charge on any atom is -0.495 e. The van der Waals surface area contributed by atoms with Gasteiger partial charge in [-0.25, -0.2) is 9.67 Å². The van der Waals surface area contributed by atoms with Crippen molar-refractivity contribution >= 4 is 17.1 Å². The van der Waals surface area contributed by atoms with E-state index in [9.17, 15) is 5.11 Å². The van der Waals surface area contributed by atoms with E-state index in [-0.39, 0.29) is 0 Å². The predicted molar refractivity (Wildman–Crippen MR) is 102 cm³/mol. The van der Waals surface area contributed by atoms with Crippen molar-refractivity contribution in [3.63, 3.8) is 0 Å². The Bertz CT molecular complexity index is 1170. The standard InChI is InChI=1S/C19H17ClN6O2/c1-28-16-5-4-12(6-14(16)20)26-9-15(23-24-26)19(27)18-17(11-2-3-11)22-8-13-7-21-10-25(13)18/h4-11,19,27H,2-3H2,1H3. The minimum atomic E-state index is -0.969. The molecule has 1 aliphatic rings. The molecular formula is C19H17ClN6O2. The highest BCUT2D eigenvalue weighted by atomic mass is 35.5. The van der Waals surface area contributed by atoms with Gasteiger partial charge in [-0.15, -0.1) is 5.10 Å². The van der Waals surface area contributed by atoms with Crippen LogP contribution in [-0.2, 0) is 0 Å². The molecule has 1 N–H and O–H groups in total. The zero-order valence-electron chi connectivity index (χ0n) is 15.0. The predicted octanol–water partition coefficient (Wildman–Crippen LogP) is 2.93. The van der Waals surface area contributed by atoms with Crippen LogP contribution in [0.5, 0.6) is 5.75 Å². The van der Waals surface area contributed by atoms with Gasteiger partial charge >= 0.3 is 0 Å². The Hall–Kier alpha value is -2.97. The fourth-order valence-corrected chi connectivity index (χ4v) is 3.59. The van der Waals surface area contributed by atoms with E-state index in [2.05, 4.69) is 20.3 Å². The summed E-state index contributed by atoms with van der Waals surface area (Å²) in [6.45, 7) is 0. The van der Waals surface area contributed by atoms with Crippen molar-refractivity contribution in [1.29, 1.82) is 0 Å². The lowest BCUT2D eigenvalue weighted by Gasteiger charge is -2.15. The molecule has 5 rings (SSSR count). The maximum absolute atomic E-state index is 11.1. The van der Waals surface area contributed by atoms with Crippen molar-refractivity contribution in [2.24, 2.45) is 0 Å². The van der Waals surface area contributed by atoms with E-state index >= 15 is 0 Å². The fraction of sp³-hybridized carbons (Fsp3) is 0.263. The number of hydrogen-bond donors (Lipinski definition) is 1. The third-order valence-electron chi connectivity index (χ3n) is 4.94. The lowest BCUT2D eigenvalue weighted by Crippen LogP contribution is -2.11. The molecule has 9 heteroatoms. The van der Waals surface area contributed by atoms with E-state index < -0.39 is 6.10 Å². The summed E-state index contributed by atoms with van der Waals surface area (Å²) < 4.78 is 8.62. The van der Waals surface area contributed by atoms with Gasteiger partial charge in [0.05, 0.1) is 59.6 Å². The van der Waals surface area contributed by atoms with Crippen molar-refractivity contribution in [3.8, 4) is 11.4 Å². The second-order valence-electron chi connectivity index (χ2n) is 6.80. The maximum atomic E-state index is 11.1. The van der Waals surface area contributed by atoms with Gasteiger partial charge in [0.25, 0.3) is 0 Å². The summed E-state index contributed by atoms with van der Waals surface area (Å²) in [7, 11) is 1.56. The van der Waals surface area contributed by atoms with Crippen LogP contribution in [0.15, 0.2) is 43.1 Å². The molecule has 0 aliphatic heterocycles. The number of fused-ring (bicyclic) bond motifs is 1. The highest BCUT2D eigenvalue weighted by Gasteiger charge is 2.32. The number of ether oxygens (including phenoxy) is 1. The molecule has 28 heavy (non-hydrogen) atoms. The fourth-order valence-electron chi connectivity index (χ4n) is 3.34. The second-order valence-corrected chi connectivity index (χ2v) is 7.21. The topological polar surface area (TPSA) is 90.4 Å². The molecule has 3 aromatic heterocycles. The minimum absolute atomic E-state index is 0.367. The number of methoxy groups -OCH3 is 1. The summed E-state index contributed by atoms with van der Waals surface area (Å²) in [5.74, 6) is 0.949. The molecular weight excluding hydrogens is 380 g/mol. The monoisotopic (exact) mass is 396 g/mol. The van der Waals surface area contributed by atoms with E-state index in [1.807, 2.05) is 10.5 Å². The zero-order valence-corrected chi connectivity index (χ0v) is 15.8. The molecule has 1 unspecified atom stereocenters. The Morgan fingerprint density at radius 3 is 2.89 bits per heavy atom. The quantitative estimate of drug-likeness (QED) is 0.557. The molecule has 4 aromatic rings. The highest BCUT2D eigenvalue weighted by molar-refractivity contribution is 6.32. The SMILES string of the molecule is COc1ccc(-n2cc(C(O)c3c(C4CC4)ncc4cncn34)nn2)cc1Cl. The van der Waals surface area contributed by atoms with Crippen molar-refractivity contribution in [2.45, 2.75) is 24.9 Å². The van der Waals surface area contributed by atoms with Crippen LogP contribution < -0.4 is 4.74 Å². The van der Waals surface area contributed by atoms with Gasteiger partial charge in [-0.1, -0.05) is 16.8 Å². The molecule has 8 nitrogen and oxygen atoms in total. The number of aromatic nitrogens is 6. The van der Waals surface area contributed by atoms with E-state index in [0.717, 1.165) is 29.7 Å². The molecule has 142 valence electrons. The molecule has 0 bridgehead atoms. The Kier molecular flexibility index (Phi) is 4.03. The van der Waals surface area contributed by atoms with Crippen molar-refractivity contribution in [3.05, 3.63) is 65.2 Å². The number of aliphatic hydroxyl groups excluding tert-OH is 1. The smallest absolute Gasteiger partial charge is 0.142 e. The first-order valence-electron chi connectivity index (χ1n) is 8.91. The lowest BCUT2D eigenvalue weighted by atomic mass is 10.1. The molecule has 1 fully saturated rings. The number of nitrogens with zero attached hydrogens (tertiary/aromatic N) is 6. The molecule has 0 amide bonds. The van der Waals surface area contributed by atoms with Gasteiger partial charge in [0.1, 0.15) is 17.5 Å². The van der Waals surface area contributed by atoms with Crippen LogP contribution in [0.1, 0.15) is 41.9 Å². The van der Waals surface area contributed by atoms with Crippen LogP contribution in [0.3, 0.4) is 0 Å². The van der Waals surface area contributed by atoms with Crippen LogP contribution in [0, 0.1) is 0 Å². The number of halogens is 1. The van der Waals surface area contributed by atoms with Gasteiger partial charge < -0.3 is 9.84 Å². The molecule has 1 aromatic carbocycles. The number of benzene rings is 1. The Balaban J connectivity index is 1.55. The van der Waals surface area contributed by atoms with Crippen LogP contribution in [0.25, 0.3) is 11.2 Å². The van der Waals surface area contributed by atoms with Crippen LogP contribution >= 0.6 is 11.6 Å². The maximum Gasteiger partial charge on any atom is 0.142 e. The van der Waals surface area contributed by atoms with Crippen molar-refractivity contribution in [1.82, 2.24) is 29.4 Å². The summed E-state index contributed by atoms with van der Waals surface area (Å²) in [5, 5.41) is 19.9. The van der Waals surface area contributed by atoms with Gasteiger partial charge in [-0.3, -0.25) is 9.38 Å². The van der Waals surface area contributed by atoms with Crippen molar-refractivity contribution in [2.75, 3.05) is 7.11 Å². The first-order chi connectivity index (χ1) is 13.7.